The maximum atomic E-state index is 5.59. The zero-order chi connectivity index (χ0) is 14.1. The fraction of sp³-hybridized carbons (Fsp3) is 0.667. The second kappa shape index (κ2) is 8.12. The van der Waals surface area contributed by atoms with E-state index in [0.29, 0.717) is 19.8 Å². The molecule has 1 N–H and O–H groups in total. The number of anilines is 1. The van der Waals surface area contributed by atoms with Crippen molar-refractivity contribution in [1.82, 2.24) is 4.98 Å². The first-order chi connectivity index (χ1) is 9.01. The van der Waals surface area contributed by atoms with Crippen LogP contribution in [0.3, 0.4) is 0 Å². The molecular formula is C15H26N2O2. The maximum absolute atomic E-state index is 5.59. The Morgan fingerprint density at radius 2 is 2.05 bits per heavy atom. The number of ether oxygens (including phenoxy) is 2. The zero-order valence-electron chi connectivity index (χ0n) is 12.5. The quantitative estimate of drug-likeness (QED) is 0.734. The molecule has 1 aromatic rings. The third-order valence-electron chi connectivity index (χ3n) is 2.41. The van der Waals surface area contributed by atoms with Crippen molar-refractivity contribution in [2.75, 3.05) is 25.1 Å². The Labute approximate surface area is 116 Å². The molecule has 4 nitrogen and oxygen atoms in total. The number of aromatic nitrogens is 1. The highest BCUT2D eigenvalue weighted by Gasteiger charge is 2.08. The van der Waals surface area contributed by atoms with Crippen LogP contribution in [-0.2, 0) is 16.1 Å². The van der Waals surface area contributed by atoms with Crippen LogP contribution in [0.25, 0.3) is 0 Å². The van der Waals surface area contributed by atoms with Crippen LogP contribution >= 0.6 is 0 Å². The molecule has 0 aliphatic rings. The summed E-state index contributed by atoms with van der Waals surface area (Å²) in [4.78, 5) is 4.26. The third kappa shape index (κ3) is 7.80. The van der Waals surface area contributed by atoms with Gasteiger partial charge in [0.15, 0.2) is 0 Å². The number of pyridine rings is 1. The van der Waals surface area contributed by atoms with Gasteiger partial charge in [-0.25, -0.2) is 4.98 Å². The van der Waals surface area contributed by atoms with E-state index in [1.807, 2.05) is 39.1 Å². The van der Waals surface area contributed by atoms with E-state index in [-0.39, 0.29) is 5.60 Å². The molecular weight excluding hydrogens is 240 g/mol. The van der Waals surface area contributed by atoms with Crippen molar-refractivity contribution >= 4 is 5.82 Å². The van der Waals surface area contributed by atoms with Gasteiger partial charge in [0.2, 0.25) is 0 Å². The molecule has 1 heterocycles. The molecule has 0 fully saturated rings. The second-order valence-corrected chi connectivity index (χ2v) is 5.49. The number of rotatable bonds is 8. The molecule has 0 unspecified atom stereocenters. The van der Waals surface area contributed by atoms with Crippen molar-refractivity contribution < 1.29 is 9.47 Å². The summed E-state index contributed by atoms with van der Waals surface area (Å²) in [6.45, 7) is 11.0. The number of hydrogen-bond acceptors (Lipinski definition) is 4. The van der Waals surface area contributed by atoms with E-state index in [4.69, 9.17) is 9.47 Å². The molecule has 0 atom stereocenters. The molecule has 4 heteroatoms. The lowest BCUT2D eigenvalue weighted by atomic mass is 10.2. The van der Waals surface area contributed by atoms with Crippen LogP contribution in [0.15, 0.2) is 18.3 Å². The SMILES string of the molecule is CCCNc1cc(COCCOC(C)(C)C)ccn1. The van der Waals surface area contributed by atoms with Crippen molar-refractivity contribution in [2.45, 2.75) is 46.3 Å². The molecule has 0 amide bonds. The molecule has 0 aromatic carbocycles. The molecule has 1 rings (SSSR count). The van der Waals surface area contributed by atoms with E-state index in [1.165, 1.54) is 0 Å². The predicted octanol–water partition coefficient (Wildman–Crippen LogP) is 3.24. The van der Waals surface area contributed by atoms with Crippen LogP contribution in [0.5, 0.6) is 0 Å². The smallest absolute Gasteiger partial charge is 0.126 e. The first-order valence-electron chi connectivity index (χ1n) is 6.92. The van der Waals surface area contributed by atoms with E-state index in [9.17, 15) is 0 Å². The minimum atomic E-state index is -0.0999. The van der Waals surface area contributed by atoms with Gasteiger partial charge in [-0.1, -0.05) is 6.92 Å². The molecule has 19 heavy (non-hydrogen) atoms. The zero-order valence-corrected chi connectivity index (χ0v) is 12.5. The van der Waals surface area contributed by atoms with Gasteiger partial charge < -0.3 is 14.8 Å². The van der Waals surface area contributed by atoms with Crippen LogP contribution in [0.2, 0.25) is 0 Å². The Morgan fingerprint density at radius 3 is 2.74 bits per heavy atom. The van der Waals surface area contributed by atoms with Gasteiger partial charge in [0.05, 0.1) is 25.4 Å². The summed E-state index contributed by atoms with van der Waals surface area (Å²) in [5, 5.41) is 3.26. The summed E-state index contributed by atoms with van der Waals surface area (Å²) in [7, 11) is 0. The summed E-state index contributed by atoms with van der Waals surface area (Å²) in [5.41, 5.74) is 1.03. The highest BCUT2D eigenvalue weighted by molar-refractivity contribution is 5.37. The van der Waals surface area contributed by atoms with Crippen LogP contribution < -0.4 is 5.32 Å². The Balaban J connectivity index is 2.25. The van der Waals surface area contributed by atoms with Crippen molar-refractivity contribution in [3.63, 3.8) is 0 Å². The molecule has 1 aromatic heterocycles. The van der Waals surface area contributed by atoms with Gasteiger partial charge in [-0.05, 0) is 44.9 Å². The summed E-state index contributed by atoms with van der Waals surface area (Å²) in [6, 6.07) is 4.00. The minimum Gasteiger partial charge on any atom is -0.374 e. The molecule has 0 bridgehead atoms. The normalized spacial score (nSPS) is 11.6. The van der Waals surface area contributed by atoms with Gasteiger partial charge >= 0.3 is 0 Å². The van der Waals surface area contributed by atoms with Crippen molar-refractivity contribution in [1.29, 1.82) is 0 Å². The highest BCUT2D eigenvalue weighted by atomic mass is 16.5. The van der Waals surface area contributed by atoms with Crippen molar-refractivity contribution in [3.05, 3.63) is 23.9 Å². The van der Waals surface area contributed by atoms with Crippen molar-refractivity contribution in [3.8, 4) is 0 Å². The van der Waals surface area contributed by atoms with E-state index in [2.05, 4.69) is 17.2 Å². The van der Waals surface area contributed by atoms with Gasteiger partial charge in [0, 0.05) is 12.7 Å². The maximum Gasteiger partial charge on any atom is 0.126 e. The average molecular weight is 266 g/mol. The van der Waals surface area contributed by atoms with Gasteiger partial charge in [0.1, 0.15) is 5.82 Å². The summed E-state index contributed by atoms with van der Waals surface area (Å²) in [6.07, 6.45) is 2.90. The number of nitrogens with zero attached hydrogens (tertiary/aromatic N) is 1. The Morgan fingerprint density at radius 1 is 1.26 bits per heavy atom. The van der Waals surface area contributed by atoms with Crippen LogP contribution in [0.4, 0.5) is 5.82 Å². The fourth-order valence-corrected chi connectivity index (χ4v) is 1.51. The third-order valence-corrected chi connectivity index (χ3v) is 2.41. The molecule has 0 saturated carbocycles. The first-order valence-corrected chi connectivity index (χ1v) is 6.92. The highest BCUT2D eigenvalue weighted by Crippen LogP contribution is 2.09. The lowest BCUT2D eigenvalue weighted by Crippen LogP contribution is -2.21. The lowest BCUT2D eigenvalue weighted by Gasteiger charge is -2.19. The summed E-state index contributed by atoms with van der Waals surface area (Å²) >= 11 is 0. The van der Waals surface area contributed by atoms with Gasteiger partial charge in [-0.3, -0.25) is 0 Å². The van der Waals surface area contributed by atoms with Gasteiger partial charge in [-0.15, -0.1) is 0 Å². The molecule has 0 radical (unpaired) electrons. The van der Waals surface area contributed by atoms with E-state index in [1.54, 1.807) is 0 Å². The van der Waals surface area contributed by atoms with Crippen molar-refractivity contribution in [2.24, 2.45) is 0 Å². The van der Waals surface area contributed by atoms with E-state index < -0.39 is 0 Å². The summed E-state index contributed by atoms with van der Waals surface area (Å²) < 4.78 is 11.2. The minimum absolute atomic E-state index is 0.0999. The first kappa shape index (κ1) is 15.9. The van der Waals surface area contributed by atoms with Crippen LogP contribution in [0.1, 0.15) is 39.7 Å². The number of nitrogens with one attached hydrogen (secondary N) is 1. The Hall–Kier alpha value is -1.13. The largest absolute Gasteiger partial charge is 0.374 e. The van der Waals surface area contributed by atoms with E-state index in [0.717, 1.165) is 24.3 Å². The molecule has 0 saturated heterocycles. The Bertz CT molecular complexity index is 361. The molecule has 108 valence electrons. The monoisotopic (exact) mass is 266 g/mol. The van der Waals surface area contributed by atoms with Gasteiger partial charge in [0.25, 0.3) is 0 Å². The average Bonchev–Trinajstić information content (AvgIpc) is 2.35. The lowest BCUT2D eigenvalue weighted by molar-refractivity contribution is -0.0376. The van der Waals surface area contributed by atoms with Crippen LogP contribution in [-0.4, -0.2) is 30.3 Å². The van der Waals surface area contributed by atoms with E-state index >= 15 is 0 Å². The summed E-state index contributed by atoms with van der Waals surface area (Å²) in [5.74, 6) is 0.911. The predicted molar refractivity (Wildman–Crippen MR) is 78.4 cm³/mol. The second-order valence-electron chi connectivity index (χ2n) is 5.49. The molecule has 0 aliphatic heterocycles. The molecule has 0 aliphatic carbocycles. The number of hydrogen-bond donors (Lipinski definition) is 1. The Kier molecular flexibility index (Phi) is 6.81. The topological polar surface area (TPSA) is 43.4 Å². The standard InChI is InChI=1S/C15H26N2O2/c1-5-7-16-14-11-13(6-8-17-14)12-18-9-10-19-15(2,3)4/h6,8,11H,5,7,9-10,12H2,1-4H3,(H,16,17). The van der Waals surface area contributed by atoms with Gasteiger partial charge in [-0.2, -0.15) is 0 Å². The molecule has 0 spiro atoms. The fourth-order valence-electron chi connectivity index (χ4n) is 1.51. The van der Waals surface area contributed by atoms with Crippen LogP contribution in [0, 0.1) is 0 Å².